The van der Waals surface area contributed by atoms with Gasteiger partial charge in [0.2, 0.25) is 0 Å². The van der Waals surface area contributed by atoms with Gasteiger partial charge in [0.1, 0.15) is 0 Å². The fourth-order valence-electron chi connectivity index (χ4n) is 3.95. The summed E-state index contributed by atoms with van der Waals surface area (Å²) < 4.78 is 2.79. The van der Waals surface area contributed by atoms with Crippen LogP contribution in [0.25, 0.3) is 0 Å². The quantitative estimate of drug-likeness (QED) is 0.505. The molecule has 2 atom stereocenters. The largest absolute Gasteiger partial charge is 0.348 e. The molecule has 4 rings (SSSR count). The Bertz CT molecular complexity index is 942. The molecule has 5 nitrogen and oxygen atoms in total. The van der Waals surface area contributed by atoms with E-state index < -0.39 is 0 Å². The number of amides is 1. The number of nitrogens with one attached hydrogen (secondary N) is 1. The van der Waals surface area contributed by atoms with Gasteiger partial charge in [0.25, 0.3) is 11.5 Å². The number of rotatable bonds is 1. The van der Waals surface area contributed by atoms with Gasteiger partial charge in [-0.15, -0.1) is 0 Å². The molecule has 26 heavy (non-hydrogen) atoms. The third-order valence-electron chi connectivity index (χ3n) is 5.11. The molecule has 2 aliphatic rings. The summed E-state index contributed by atoms with van der Waals surface area (Å²) in [5, 5.41) is 3.35. The molecule has 1 saturated heterocycles. The number of benzene rings is 1. The summed E-state index contributed by atoms with van der Waals surface area (Å²) in [4.78, 5) is 26.7. The Labute approximate surface area is 170 Å². The van der Waals surface area contributed by atoms with Crippen molar-refractivity contribution in [2.45, 2.75) is 18.9 Å². The normalized spacial score (nSPS) is 21.0. The van der Waals surface area contributed by atoms with Crippen LogP contribution in [0.15, 0.2) is 47.3 Å². The number of aromatic nitrogens is 1. The number of fused-ring (bicyclic) bond motifs is 4. The van der Waals surface area contributed by atoms with Gasteiger partial charge in [-0.05, 0) is 65.3 Å². The molecule has 0 radical (unpaired) electrons. The Hall–Kier alpha value is -1.74. The van der Waals surface area contributed by atoms with Crippen molar-refractivity contribution in [3.8, 4) is 0 Å². The zero-order valence-electron chi connectivity index (χ0n) is 14.0. The maximum atomic E-state index is 12.5. The molecular formula is C19H18IN3O2S. The molecule has 2 aromatic rings. The minimum atomic E-state index is -0.174. The van der Waals surface area contributed by atoms with Crippen LogP contribution in [0.1, 0.15) is 28.4 Å². The third-order valence-corrected chi connectivity index (χ3v) is 6.41. The standard InChI is InChI=1S/C19H18IN3O2S/c20-15-5-2-1-4-14(15)18(25)21-19(26)22-9-12-8-13(11-22)16-6-3-7-17(24)23(16)10-12/h1-7,12-13H,8-11H2,(H,21,25,26)/t12?,13-/m0/s1. The number of piperidine rings is 1. The average molecular weight is 479 g/mol. The van der Waals surface area contributed by atoms with Crippen LogP contribution < -0.4 is 10.9 Å². The van der Waals surface area contributed by atoms with Crippen LogP contribution in [0.5, 0.6) is 0 Å². The van der Waals surface area contributed by atoms with Crippen molar-refractivity contribution in [3.05, 3.63) is 67.6 Å². The summed E-state index contributed by atoms with van der Waals surface area (Å²) in [5.74, 6) is 0.462. The molecule has 2 bridgehead atoms. The van der Waals surface area contributed by atoms with Gasteiger partial charge in [0.05, 0.1) is 5.56 Å². The molecule has 2 aliphatic heterocycles. The van der Waals surface area contributed by atoms with E-state index in [0.29, 0.717) is 16.6 Å². The van der Waals surface area contributed by atoms with Crippen molar-refractivity contribution in [1.82, 2.24) is 14.8 Å². The molecule has 134 valence electrons. The Morgan fingerprint density at radius 1 is 1.12 bits per heavy atom. The molecule has 1 amide bonds. The number of nitrogens with zero attached hydrogens (tertiary/aromatic N) is 2. The van der Waals surface area contributed by atoms with Crippen molar-refractivity contribution >= 4 is 45.8 Å². The van der Waals surface area contributed by atoms with Crippen LogP contribution in [0.4, 0.5) is 0 Å². The number of likely N-dealkylation sites (tertiary alicyclic amines) is 1. The van der Waals surface area contributed by atoms with Crippen LogP contribution in [0.3, 0.4) is 0 Å². The highest BCUT2D eigenvalue weighted by molar-refractivity contribution is 14.1. The highest BCUT2D eigenvalue weighted by Crippen LogP contribution is 2.34. The average Bonchev–Trinajstić information content (AvgIpc) is 2.63. The molecule has 0 spiro atoms. The first-order valence-electron chi connectivity index (χ1n) is 8.57. The summed E-state index contributed by atoms with van der Waals surface area (Å²) in [6, 6.07) is 12.9. The number of hydrogen-bond donors (Lipinski definition) is 1. The zero-order valence-corrected chi connectivity index (χ0v) is 17.0. The second kappa shape index (κ2) is 7.11. The molecule has 1 aromatic carbocycles. The van der Waals surface area contributed by atoms with E-state index in [9.17, 15) is 9.59 Å². The monoisotopic (exact) mass is 479 g/mol. The Morgan fingerprint density at radius 2 is 1.92 bits per heavy atom. The van der Waals surface area contributed by atoms with E-state index in [4.69, 9.17) is 12.2 Å². The van der Waals surface area contributed by atoms with E-state index in [1.807, 2.05) is 34.9 Å². The Kier molecular flexibility index (Phi) is 4.83. The lowest BCUT2D eigenvalue weighted by Crippen LogP contribution is -2.52. The first-order chi connectivity index (χ1) is 12.5. The first kappa shape index (κ1) is 17.7. The fourth-order valence-corrected chi connectivity index (χ4v) is 4.83. The maximum Gasteiger partial charge on any atom is 0.258 e. The van der Waals surface area contributed by atoms with Crippen LogP contribution in [0, 0.1) is 9.49 Å². The molecule has 0 aliphatic carbocycles. The van der Waals surface area contributed by atoms with Gasteiger partial charge < -0.3 is 9.47 Å². The lowest BCUT2D eigenvalue weighted by molar-refractivity contribution is 0.0967. The van der Waals surface area contributed by atoms with Crippen molar-refractivity contribution in [1.29, 1.82) is 0 Å². The van der Waals surface area contributed by atoms with Gasteiger partial charge in [-0.1, -0.05) is 18.2 Å². The van der Waals surface area contributed by atoms with Gasteiger partial charge >= 0.3 is 0 Å². The first-order valence-corrected chi connectivity index (χ1v) is 10.1. The van der Waals surface area contributed by atoms with E-state index in [1.165, 1.54) is 0 Å². The summed E-state index contributed by atoms with van der Waals surface area (Å²) in [6.45, 7) is 2.21. The molecule has 0 saturated carbocycles. The van der Waals surface area contributed by atoms with Gasteiger partial charge in [0.15, 0.2) is 5.11 Å². The fraction of sp³-hybridized carbons (Fsp3) is 0.316. The number of hydrogen-bond acceptors (Lipinski definition) is 3. The number of halogens is 1. The van der Waals surface area contributed by atoms with Gasteiger partial charge in [0, 0.05) is 40.9 Å². The maximum absolute atomic E-state index is 12.5. The number of carbonyl (C=O) groups is 1. The second-order valence-electron chi connectivity index (χ2n) is 6.84. The second-order valence-corrected chi connectivity index (χ2v) is 8.39. The zero-order chi connectivity index (χ0) is 18.3. The highest BCUT2D eigenvalue weighted by atomic mass is 127. The molecular weight excluding hydrogens is 461 g/mol. The minimum absolute atomic E-state index is 0.0696. The summed E-state index contributed by atoms with van der Waals surface area (Å²) in [6.07, 6.45) is 1.06. The lowest BCUT2D eigenvalue weighted by atomic mass is 9.83. The Morgan fingerprint density at radius 3 is 2.73 bits per heavy atom. The molecule has 1 unspecified atom stereocenters. The number of carbonyl (C=O) groups excluding carboxylic acids is 1. The summed E-state index contributed by atoms with van der Waals surface area (Å²) >= 11 is 7.67. The molecule has 1 N–H and O–H groups in total. The van der Waals surface area contributed by atoms with Crippen molar-refractivity contribution < 1.29 is 4.79 Å². The van der Waals surface area contributed by atoms with E-state index in [-0.39, 0.29) is 17.4 Å². The van der Waals surface area contributed by atoms with Crippen LogP contribution in [-0.2, 0) is 6.54 Å². The van der Waals surface area contributed by atoms with Crippen LogP contribution in [-0.4, -0.2) is 33.6 Å². The van der Waals surface area contributed by atoms with Gasteiger partial charge in [-0.2, -0.15) is 0 Å². The minimum Gasteiger partial charge on any atom is -0.348 e. The predicted molar refractivity (Wildman–Crippen MR) is 112 cm³/mol. The predicted octanol–water partition coefficient (Wildman–Crippen LogP) is 2.59. The number of thiocarbonyl (C=S) groups is 1. The van der Waals surface area contributed by atoms with E-state index in [0.717, 1.165) is 35.3 Å². The van der Waals surface area contributed by atoms with E-state index >= 15 is 0 Å². The van der Waals surface area contributed by atoms with Crippen molar-refractivity contribution in [2.75, 3.05) is 13.1 Å². The van der Waals surface area contributed by atoms with Crippen LogP contribution >= 0.6 is 34.8 Å². The van der Waals surface area contributed by atoms with Crippen LogP contribution in [0.2, 0.25) is 0 Å². The smallest absolute Gasteiger partial charge is 0.258 e. The van der Waals surface area contributed by atoms with Crippen molar-refractivity contribution in [2.24, 2.45) is 5.92 Å². The molecule has 7 heteroatoms. The Balaban J connectivity index is 1.50. The third kappa shape index (κ3) is 3.29. The molecule has 1 fully saturated rings. The molecule has 3 heterocycles. The summed E-state index contributed by atoms with van der Waals surface area (Å²) in [5.41, 5.74) is 1.77. The molecule has 1 aromatic heterocycles. The van der Waals surface area contributed by atoms with E-state index in [2.05, 4.69) is 32.8 Å². The van der Waals surface area contributed by atoms with E-state index in [1.54, 1.807) is 12.1 Å². The highest BCUT2D eigenvalue weighted by Gasteiger charge is 2.35. The van der Waals surface area contributed by atoms with Gasteiger partial charge in [-0.3, -0.25) is 14.9 Å². The van der Waals surface area contributed by atoms with Gasteiger partial charge in [-0.25, -0.2) is 0 Å². The SMILES string of the molecule is O=C(NC(=S)N1CC2C[C@@H](C1)c1cccc(=O)n1C2)c1ccccc1I. The topological polar surface area (TPSA) is 54.3 Å². The lowest BCUT2D eigenvalue weighted by Gasteiger charge is -2.43. The number of pyridine rings is 1. The summed E-state index contributed by atoms with van der Waals surface area (Å²) in [7, 11) is 0. The van der Waals surface area contributed by atoms with Crippen molar-refractivity contribution in [3.63, 3.8) is 0 Å².